The number of rotatable bonds is 2. The standard InChI is InChI=1S/C21H26N4O2/c1-13-7-5-6-8-17(13)20-18-11-24(9-16(18)10-25(20)15(3)26)21(27)19-14(2)22-12-23(19)4/h5-8,12,16,18,20H,9-11H2,1-4H3/t16-,18-,20+/m1/s1. The third kappa shape index (κ3) is 2.83. The Morgan fingerprint density at radius 1 is 1.11 bits per heavy atom. The molecule has 2 fully saturated rings. The summed E-state index contributed by atoms with van der Waals surface area (Å²) in [5.41, 5.74) is 3.82. The molecule has 0 spiro atoms. The third-order valence-corrected chi connectivity index (χ3v) is 6.19. The summed E-state index contributed by atoms with van der Waals surface area (Å²) in [7, 11) is 1.86. The fraction of sp³-hybridized carbons (Fsp3) is 0.476. The van der Waals surface area contributed by atoms with Gasteiger partial charge in [-0.1, -0.05) is 24.3 Å². The van der Waals surface area contributed by atoms with Crippen LogP contribution in [0.25, 0.3) is 0 Å². The SMILES string of the molecule is CC(=O)N1C[C@H]2CN(C(=O)c3c(C)ncn3C)C[C@H]2[C@@H]1c1ccccc1C. The first kappa shape index (κ1) is 17.8. The molecule has 6 heteroatoms. The number of nitrogens with zero attached hydrogens (tertiary/aromatic N) is 4. The van der Waals surface area contributed by atoms with Gasteiger partial charge in [0.25, 0.3) is 5.91 Å². The minimum absolute atomic E-state index is 0.0409. The normalized spacial score (nSPS) is 24.4. The molecule has 0 unspecified atom stereocenters. The first-order valence-electron chi connectivity index (χ1n) is 9.48. The van der Waals surface area contributed by atoms with Crippen LogP contribution in [0.4, 0.5) is 0 Å². The molecule has 2 aliphatic heterocycles. The summed E-state index contributed by atoms with van der Waals surface area (Å²) in [6.45, 7) is 7.70. The lowest BCUT2D eigenvalue weighted by atomic mass is 9.87. The van der Waals surface area contributed by atoms with Crippen LogP contribution >= 0.6 is 0 Å². The van der Waals surface area contributed by atoms with Gasteiger partial charge in [0.1, 0.15) is 5.69 Å². The highest BCUT2D eigenvalue weighted by molar-refractivity contribution is 5.94. The van der Waals surface area contributed by atoms with E-state index in [1.54, 1.807) is 17.8 Å². The fourth-order valence-corrected chi connectivity index (χ4v) is 4.85. The summed E-state index contributed by atoms with van der Waals surface area (Å²) in [5, 5.41) is 0. The van der Waals surface area contributed by atoms with Gasteiger partial charge in [-0.3, -0.25) is 9.59 Å². The summed E-state index contributed by atoms with van der Waals surface area (Å²) < 4.78 is 1.80. The maximum Gasteiger partial charge on any atom is 0.272 e. The van der Waals surface area contributed by atoms with E-state index in [-0.39, 0.29) is 23.8 Å². The van der Waals surface area contributed by atoms with Crippen molar-refractivity contribution in [2.75, 3.05) is 19.6 Å². The molecule has 3 heterocycles. The fourth-order valence-electron chi connectivity index (χ4n) is 4.85. The van der Waals surface area contributed by atoms with Crippen molar-refractivity contribution in [3.05, 3.63) is 53.1 Å². The molecule has 6 nitrogen and oxygen atoms in total. The van der Waals surface area contributed by atoms with Crippen molar-refractivity contribution in [1.82, 2.24) is 19.4 Å². The van der Waals surface area contributed by atoms with E-state index in [2.05, 4.69) is 24.0 Å². The second-order valence-electron chi connectivity index (χ2n) is 7.90. The Morgan fingerprint density at radius 2 is 1.85 bits per heavy atom. The molecule has 1 aromatic heterocycles. The van der Waals surface area contributed by atoms with Crippen molar-refractivity contribution in [1.29, 1.82) is 0 Å². The average molecular weight is 366 g/mol. The molecular weight excluding hydrogens is 340 g/mol. The Kier molecular flexibility index (Phi) is 4.29. The van der Waals surface area contributed by atoms with Crippen LogP contribution in [0.1, 0.15) is 40.3 Å². The Balaban J connectivity index is 1.64. The first-order valence-corrected chi connectivity index (χ1v) is 9.48. The van der Waals surface area contributed by atoms with Crippen LogP contribution < -0.4 is 0 Å². The van der Waals surface area contributed by atoms with Gasteiger partial charge in [0.05, 0.1) is 18.1 Å². The molecule has 1 aromatic carbocycles. The molecule has 27 heavy (non-hydrogen) atoms. The predicted molar refractivity (Wildman–Crippen MR) is 102 cm³/mol. The number of aryl methyl sites for hydroxylation is 3. The zero-order chi connectivity index (χ0) is 19.3. The topological polar surface area (TPSA) is 58.4 Å². The van der Waals surface area contributed by atoms with Crippen LogP contribution in [0.15, 0.2) is 30.6 Å². The van der Waals surface area contributed by atoms with Crippen LogP contribution in [0.3, 0.4) is 0 Å². The van der Waals surface area contributed by atoms with Crippen molar-refractivity contribution < 1.29 is 9.59 Å². The lowest BCUT2D eigenvalue weighted by Gasteiger charge is -2.30. The van der Waals surface area contributed by atoms with Crippen LogP contribution in [0.5, 0.6) is 0 Å². The lowest BCUT2D eigenvalue weighted by Crippen LogP contribution is -2.37. The third-order valence-electron chi connectivity index (χ3n) is 6.19. The molecule has 142 valence electrons. The second-order valence-corrected chi connectivity index (χ2v) is 7.90. The van der Waals surface area contributed by atoms with Gasteiger partial charge in [-0.05, 0) is 25.0 Å². The number of fused-ring (bicyclic) bond motifs is 1. The number of aromatic nitrogens is 2. The van der Waals surface area contributed by atoms with E-state index < -0.39 is 0 Å². The molecule has 0 N–H and O–H groups in total. The molecule has 2 aliphatic rings. The Labute approximate surface area is 159 Å². The van der Waals surface area contributed by atoms with E-state index in [4.69, 9.17) is 0 Å². The maximum absolute atomic E-state index is 13.1. The monoisotopic (exact) mass is 366 g/mol. The van der Waals surface area contributed by atoms with Gasteiger partial charge >= 0.3 is 0 Å². The zero-order valence-electron chi connectivity index (χ0n) is 16.3. The van der Waals surface area contributed by atoms with Gasteiger partial charge in [-0.2, -0.15) is 0 Å². The predicted octanol–water partition coefficient (Wildman–Crippen LogP) is 2.33. The van der Waals surface area contributed by atoms with Crippen molar-refractivity contribution in [2.24, 2.45) is 18.9 Å². The van der Waals surface area contributed by atoms with Crippen molar-refractivity contribution in [2.45, 2.75) is 26.8 Å². The van der Waals surface area contributed by atoms with Gasteiger partial charge in [0.2, 0.25) is 5.91 Å². The highest BCUT2D eigenvalue weighted by atomic mass is 16.2. The summed E-state index contributed by atoms with van der Waals surface area (Å²) in [4.78, 5) is 33.6. The van der Waals surface area contributed by atoms with Gasteiger partial charge in [-0.25, -0.2) is 4.98 Å². The van der Waals surface area contributed by atoms with E-state index >= 15 is 0 Å². The van der Waals surface area contributed by atoms with E-state index in [9.17, 15) is 9.59 Å². The number of carbonyl (C=O) groups is 2. The Hall–Kier alpha value is -2.63. The van der Waals surface area contributed by atoms with E-state index in [1.165, 1.54) is 11.1 Å². The zero-order valence-corrected chi connectivity index (χ0v) is 16.3. The molecule has 0 aliphatic carbocycles. The molecule has 2 amide bonds. The number of imidazole rings is 1. The molecule has 0 radical (unpaired) electrons. The molecular formula is C21H26N4O2. The maximum atomic E-state index is 13.1. The van der Waals surface area contributed by atoms with E-state index in [1.807, 2.05) is 35.9 Å². The molecule has 2 aromatic rings. The van der Waals surface area contributed by atoms with Gasteiger partial charge in [0, 0.05) is 45.4 Å². The molecule has 0 saturated carbocycles. The number of benzene rings is 1. The van der Waals surface area contributed by atoms with Crippen LogP contribution in [0.2, 0.25) is 0 Å². The van der Waals surface area contributed by atoms with Gasteiger partial charge < -0.3 is 14.4 Å². The summed E-state index contributed by atoms with van der Waals surface area (Å²) in [5.74, 6) is 0.737. The van der Waals surface area contributed by atoms with Crippen molar-refractivity contribution in [3.63, 3.8) is 0 Å². The number of amides is 2. The van der Waals surface area contributed by atoms with E-state index in [0.717, 1.165) is 5.69 Å². The molecule has 4 rings (SSSR count). The Morgan fingerprint density at radius 3 is 2.48 bits per heavy atom. The minimum Gasteiger partial charge on any atom is -0.337 e. The van der Waals surface area contributed by atoms with Crippen LogP contribution in [0, 0.1) is 25.7 Å². The smallest absolute Gasteiger partial charge is 0.272 e. The number of hydrogen-bond donors (Lipinski definition) is 0. The van der Waals surface area contributed by atoms with Crippen molar-refractivity contribution in [3.8, 4) is 0 Å². The van der Waals surface area contributed by atoms with Crippen molar-refractivity contribution >= 4 is 11.8 Å². The summed E-state index contributed by atoms with van der Waals surface area (Å²) in [6, 6.07) is 8.31. The number of likely N-dealkylation sites (tertiary alicyclic amines) is 2. The highest BCUT2D eigenvalue weighted by Gasteiger charge is 2.50. The largest absolute Gasteiger partial charge is 0.337 e. The average Bonchev–Trinajstić information content (AvgIpc) is 3.28. The minimum atomic E-state index is 0.0409. The molecule has 2 saturated heterocycles. The number of carbonyl (C=O) groups excluding carboxylic acids is 2. The van der Waals surface area contributed by atoms with Gasteiger partial charge in [0.15, 0.2) is 0 Å². The van der Waals surface area contributed by atoms with Gasteiger partial charge in [-0.15, -0.1) is 0 Å². The Bertz CT molecular complexity index is 884. The second kappa shape index (κ2) is 6.51. The van der Waals surface area contributed by atoms with Crippen LogP contribution in [-0.4, -0.2) is 50.8 Å². The summed E-state index contributed by atoms with van der Waals surface area (Å²) >= 11 is 0. The summed E-state index contributed by atoms with van der Waals surface area (Å²) in [6.07, 6.45) is 1.69. The van der Waals surface area contributed by atoms with Crippen LogP contribution in [-0.2, 0) is 11.8 Å². The number of hydrogen-bond acceptors (Lipinski definition) is 3. The van der Waals surface area contributed by atoms with E-state index in [0.29, 0.717) is 31.2 Å². The molecule has 3 atom stereocenters. The quantitative estimate of drug-likeness (QED) is 0.820. The lowest BCUT2D eigenvalue weighted by molar-refractivity contribution is -0.130. The molecule has 0 bridgehead atoms. The first-order chi connectivity index (χ1) is 12.9. The highest BCUT2D eigenvalue weighted by Crippen LogP contribution is 2.46.